The highest BCUT2D eigenvalue weighted by atomic mass is 16.5. The van der Waals surface area contributed by atoms with Crippen molar-refractivity contribution in [2.45, 2.75) is 20.1 Å². The number of pyridine rings is 1. The summed E-state index contributed by atoms with van der Waals surface area (Å²) in [5.41, 5.74) is 3.43. The molecule has 0 aliphatic rings. The second-order valence-corrected chi connectivity index (χ2v) is 4.88. The van der Waals surface area contributed by atoms with Gasteiger partial charge >= 0.3 is 0 Å². The highest BCUT2D eigenvalue weighted by molar-refractivity contribution is 5.40. The Morgan fingerprint density at radius 2 is 1.95 bits per heavy atom. The second kappa shape index (κ2) is 8.39. The van der Waals surface area contributed by atoms with Crippen molar-refractivity contribution in [1.82, 2.24) is 10.3 Å². The van der Waals surface area contributed by atoms with E-state index in [-0.39, 0.29) is 0 Å². The molecule has 0 saturated heterocycles. The van der Waals surface area contributed by atoms with Gasteiger partial charge in [0.15, 0.2) is 0 Å². The molecule has 0 unspecified atom stereocenters. The average Bonchev–Trinajstić information content (AvgIpc) is 2.52. The van der Waals surface area contributed by atoms with Crippen LogP contribution >= 0.6 is 0 Å². The van der Waals surface area contributed by atoms with Gasteiger partial charge in [-0.25, -0.2) is 0 Å². The fraction of sp³-hybridized carbons (Fsp3) is 0.353. The van der Waals surface area contributed by atoms with E-state index in [2.05, 4.69) is 35.4 Å². The summed E-state index contributed by atoms with van der Waals surface area (Å²) in [6, 6.07) is 10.2. The Kier molecular flexibility index (Phi) is 6.19. The first-order valence-electron chi connectivity index (χ1n) is 7.11. The zero-order valence-corrected chi connectivity index (χ0v) is 12.6. The molecule has 0 spiro atoms. The molecule has 0 atom stereocenters. The Bertz CT molecular complexity index is 544. The van der Waals surface area contributed by atoms with Crippen LogP contribution in [0.4, 0.5) is 0 Å². The van der Waals surface area contributed by atoms with Crippen LogP contribution in [0.2, 0.25) is 0 Å². The highest BCUT2D eigenvalue weighted by Crippen LogP contribution is 2.24. The minimum Gasteiger partial charge on any atom is -0.488 e. The first kappa shape index (κ1) is 15.5. The standard InChI is InChI=1S/C17H22N2O2/c1-14-4-3-5-16(12-19-10-11-20-2)17(14)21-13-15-6-8-18-9-7-15/h3-9,19H,10-13H2,1-2H3. The SMILES string of the molecule is COCCNCc1cccc(C)c1OCc1ccncc1. The van der Waals surface area contributed by atoms with Crippen LogP contribution in [0.5, 0.6) is 5.75 Å². The minimum atomic E-state index is 0.554. The highest BCUT2D eigenvalue weighted by Gasteiger charge is 2.07. The first-order chi connectivity index (χ1) is 10.3. The predicted octanol–water partition coefficient (Wildman–Crippen LogP) is 2.71. The van der Waals surface area contributed by atoms with E-state index >= 15 is 0 Å². The molecule has 0 bridgehead atoms. The second-order valence-electron chi connectivity index (χ2n) is 4.88. The molecule has 0 amide bonds. The van der Waals surface area contributed by atoms with E-state index in [9.17, 15) is 0 Å². The summed E-state index contributed by atoms with van der Waals surface area (Å²) < 4.78 is 11.1. The lowest BCUT2D eigenvalue weighted by atomic mass is 10.1. The van der Waals surface area contributed by atoms with Crippen LogP contribution < -0.4 is 10.1 Å². The lowest BCUT2D eigenvalue weighted by Crippen LogP contribution is -2.19. The Balaban J connectivity index is 2.00. The smallest absolute Gasteiger partial charge is 0.127 e. The third-order valence-electron chi connectivity index (χ3n) is 3.22. The molecule has 0 radical (unpaired) electrons. The molecule has 2 aromatic rings. The molecule has 1 aromatic heterocycles. The van der Waals surface area contributed by atoms with E-state index in [1.165, 1.54) is 5.56 Å². The van der Waals surface area contributed by atoms with Crippen molar-refractivity contribution in [2.24, 2.45) is 0 Å². The minimum absolute atomic E-state index is 0.554. The van der Waals surface area contributed by atoms with Crippen LogP contribution in [0.1, 0.15) is 16.7 Å². The van der Waals surface area contributed by atoms with E-state index in [0.29, 0.717) is 13.2 Å². The molecule has 1 aromatic carbocycles. The third-order valence-corrected chi connectivity index (χ3v) is 3.22. The number of ether oxygens (including phenoxy) is 2. The molecule has 1 heterocycles. The van der Waals surface area contributed by atoms with Gasteiger partial charge in [-0.2, -0.15) is 0 Å². The molecule has 1 N–H and O–H groups in total. The van der Waals surface area contributed by atoms with Crippen molar-refractivity contribution in [1.29, 1.82) is 0 Å². The zero-order chi connectivity index (χ0) is 14.9. The van der Waals surface area contributed by atoms with Crippen molar-refractivity contribution in [3.8, 4) is 5.75 Å². The van der Waals surface area contributed by atoms with Gasteiger partial charge in [0, 0.05) is 38.2 Å². The van der Waals surface area contributed by atoms with Crippen LogP contribution in [0.15, 0.2) is 42.7 Å². The summed E-state index contributed by atoms with van der Waals surface area (Å²) in [5, 5.41) is 3.35. The molecular formula is C17H22N2O2. The van der Waals surface area contributed by atoms with Gasteiger partial charge in [-0.3, -0.25) is 4.98 Å². The van der Waals surface area contributed by atoms with Crippen molar-refractivity contribution in [2.75, 3.05) is 20.3 Å². The number of nitrogens with zero attached hydrogens (tertiary/aromatic N) is 1. The number of hydrogen-bond acceptors (Lipinski definition) is 4. The fourth-order valence-electron chi connectivity index (χ4n) is 2.09. The third kappa shape index (κ3) is 4.85. The van der Waals surface area contributed by atoms with Gasteiger partial charge in [0.25, 0.3) is 0 Å². The van der Waals surface area contributed by atoms with E-state index in [4.69, 9.17) is 9.47 Å². The maximum Gasteiger partial charge on any atom is 0.127 e. The lowest BCUT2D eigenvalue weighted by Gasteiger charge is -2.15. The summed E-state index contributed by atoms with van der Waals surface area (Å²) in [6.07, 6.45) is 3.56. The number of rotatable bonds is 8. The van der Waals surface area contributed by atoms with E-state index in [0.717, 1.165) is 30.0 Å². The lowest BCUT2D eigenvalue weighted by molar-refractivity contribution is 0.199. The summed E-state index contributed by atoms with van der Waals surface area (Å²) in [4.78, 5) is 4.02. The maximum absolute atomic E-state index is 6.01. The van der Waals surface area contributed by atoms with Gasteiger partial charge in [-0.15, -0.1) is 0 Å². The largest absolute Gasteiger partial charge is 0.488 e. The summed E-state index contributed by atoms with van der Waals surface area (Å²) in [6.45, 7) is 4.93. The number of nitrogens with one attached hydrogen (secondary N) is 1. The predicted molar refractivity (Wildman–Crippen MR) is 83.3 cm³/mol. The van der Waals surface area contributed by atoms with E-state index in [1.54, 1.807) is 19.5 Å². The summed E-state index contributed by atoms with van der Waals surface area (Å²) >= 11 is 0. The van der Waals surface area contributed by atoms with Gasteiger partial charge < -0.3 is 14.8 Å². The molecule has 4 nitrogen and oxygen atoms in total. The fourth-order valence-corrected chi connectivity index (χ4v) is 2.09. The molecule has 0 saturated carbocycles. The van der Waals surface area contributed by atoms with Crippen molar-refractivity contribution < 1.29 is 9.47 Å². The van der Waals surface area contributed by atoms with E-state index < -0.39 is 0 Å². The van der Waals surface area contributed by atoms with Crippen molar-refractivity contribution in [3.05, 3.63) is 59.4 Å². The number of aromatic nitrogens is 1. The Morgan fingerprint density at radius 1 is 1.14 bits per heavy atom. The van der Waals surface area contributed by atoms with Gasteiger partial charge in [0.2, 0.25) is 0 Å². The van der Waals surface area contributed by atoms with Gasteiger partial charge in [-0.1, -0.05) is 18.2 Å². The molecule has 0 fully saturated rings. The van der Waals surface area contributed by atoms with Crippen LogP contribution in [-0.4, -0.2) is 25.2 Å². The molecular weight excluding hydrogens is 264 g/mol. The monoisotopic (exact) mass is 286 g/mol. The Morgan fingerprint density at radius 3 is 2.71 bits per heavy atom. The normalized spacial score (nSPS) is 10.6. The Hall–Kier alpha value is -1.91. The number of para-hydroxylation sites is 1. The zero-order valence-electron chi connectivity index (χ0n) is 12.6. The first-order valence-corrected chi connectivity index (χ1v) is 7.11. The summed E-state index contributed by atoms with van der Waals surface area (Å²) in [5.74, 6) is 0.958. The molecule has 21 heavy (non-hydrogen) atoms. The molecule has 4 heteroatoms. The molecule has 0 aliphatic heterocycles. The van der Waals surface area contributed by atoms with Gasteiger partial charge in [-0.05, 0) is 30.2 Å². The number of methoxy groups -OCH3 is 1. The number of benzene rings is 1. The quantitative estimate of drug-likeness (QED) is 0.758. The Labute approximate surface area is 126 Å². The van der Waals surface area contributed by atoms with Crippen LogP contribution in [0, 0.1) is 6.92 Å². The number of aryl methyl sites for hydroxylation is 1. The maximum atomic E-state index is 6.01. The topological polar surface area (TPSA) is 43.4 Å². The summed E-state index contributed by atoms with van der Waals surface area (Å²) in [7, 11) is 1.71. The van der Waals surface area contributed by atoms with Crippen LogP contribution in [-0.2, 0) is 17.9 Å². The van der Waals surface area contributed by atoms with Crippen molar-refractivity contribution >= 4 is 0 Å². The molecule has 2 rings (SSSR count). The van der Waals surface area contributed by atoms with Crippen molar-refractivity contribution in [3.63, 3.8) is 0 Å². The van der Waals surface area contributed by atoms with Crippen LogP contribution in [0.25, 0.3) is 0 Å². The van der Waals surface area contributed by atoms with Gasteiger partial charge in [0.05, 0.1) is 6.61 Å². The average molecular weight is 286 g/mol. The van der Waals surface area contributed by atoms with E-state index in [1.807, 2.05) is 12.1 Å². The molecule has 0 aliphatic carbocycles. The molecule has 112 valence electrons. The van der Waals surface area contributed by atoms with Gasteiger partial charge in [0.1, 0.15) is 12.4 Å². The van der Waals surface area contributed by atoms with Crippen LogP contribution in [0.3, 0.4) is 0 Å². The number of hydrogen-bond donors (Lipinski definition) is 1.